The lowest BCUT2D eigenvalue weighted by molar-refractivity contribution is 0.0520. The molecule has 1 fully saturated rings. The number of nitrogens with zero attached hydrogens (tertiary/aromatic N) is 1. The first kappa shape index (κ1) is 12.6. The molecule has 0 aliphatic heterocycles. The van der Waals surface area contributed by atoms with Crippen molar-refractivity contribution in [2.45, 2.75) is 19.8 Å². The highest BCUT2D eigenvalue weighted by Gasteiger charge is 2.24. The van der Waals surface area contributed by atoms with E-state index in [9.17, 15) is 4.79 Å². The predicted octanol–water partition coefficient (Wildman–Crippen LogP) is 2.69. The number of ether oxygens (including phenoxy) is 2. The number of aromatic nitrogens is 1. The van der Waals surface area contributed by atoms with E-state index in [2.05, 4.69) is 11.6 Å². The van der Waals surface area contributed by atoms with Crippen molar-refractivity contribution in [3.05, 3.63) is 30.0 Å². The third kappa shape index (κ3) is 2.88. The molecule has 0 radical (unpaired) electrons. The van der Waals surface area contributed by atoms with Gasteiger partial charge in [-0.05, 0) is 37.3 Å². The van der Waals surface area contributed by atoms with Crippen LogP contribution in [0.5, 0.6) is 5.88 Å². The van der Waals surface area contributed by atoms with Gasteiger partial charge in [0.25, 0.3) is 0 Å². The number of hydrogen-bond acceptors (Lipinski definition) is 4. The summed E-state index contributed by atoms with van der Waals surface area (Å²) in [5.74, 6) is 0.540. The molecular formula is C14H17NO3. The van der Waals surface area contributed by atoms with E-state index in [4.69, 9.17) is 9.47 Å². The van der Waals surface area contributed by atoms with Crippen molar-refractivity contribution >= 4 is 12.0 Å². The van der Waals surface area contributed by atoms with Crippen molar-refractivity contribution in [1.82, 2.24) is 4.98 Å². The summed E-state index contributed by atoms with van der Waals surface area (Å²) in [4.78, 5) is 16.0. The molecule has 2 rings (SSSR count). The topological polar surface area (TPSA) is 48.4 Å². The fourth-order valence-electron chi connectivity index (χ4n) is 1.63. The van der Waals surface area contributed by atoms with Crippen LogP contribution in [0.15, 0.2) is 18.8 Å². The minimum atomic E-state index is -0.411. The summed E-state index contributed by atoms with van der Waals surface area (Å²) in [6, 6.07) is 1.73. The van der Waals surface area contributed by atoms with Crippen LogP contribution in [-0.4, -0.2) is 24.2 Å². The van der Waals surface area contributed by atoms with Crippen molar-refractivity contribution in [1.29, 1.82) is 0 Å². The van der Waals surface area contributed by atoms with Gasteiger partial charge in [-0.2, -0.15) is 0 Å². The molecule has 96 valence electrons. The van der Waals surface area contributed by atoms with Crippen LogP contribution in [0.4, 0.5) is 0 Å². The first-order valence-corrected chi connectivity index (χ1v) is 6.17. The van der Waals surface area contributed by atoms with E-state index in [1.54, 1.807) is 25.3 Å². The molecule has 1 aliphatic rings. The van der Waals surface area contributed by atoms with Crippen molar-refractivity contribution in [3.63, 3.8) is 0 Å². The molecule has 0 saturated heterocycles. The van der Waals surface area contributed by atoms with Crippen LogP contribution in [0, 0.1) is 5.92 Å². The summed E-state index contributed by atoms with van der Waals surface area (Å²) in [5.41, 5.74) is 1.06. The molecule has 1 heterocycles. The quantitative estimate of drug-likeness (QED) is 0.725. The molecule has 1 aliphatic carbocycles. The Morgan fingerprint density at radius 1 is 1.61 bits per heavy atom. The Hall–Kier alpha value is -1.84. The van der Waals surface area contributed by atoms with E-state index < -0.39 is 5.97 Å². The molecule has 0 aromatic carbocycles. The Labute approximate surface area is 107 Å². The number of carbonyl (C=O) groups excluding carboxylic acids is 1. The van der Waals surface area contributed by atoms with Gasteiger partial charge in [0.1, 0.15) is 5.56 Å². The Morgan fingerprint density at radius 3 is 3.00 bits per heavy atom. The summed E-state index contributed by atoms with van der Waals surface area (Å²) < 4.78 is 10.6. The second kappa shape index (κ2) is 5.67. The first-order valence-electron chi connectivity index (χ1n) is 6.17. The molecule has 1 saturated carbocycles. The number of pyridine rings is 1. The van der Waals surface area contributed by atoms with E-state index in [1.807, 2.05) is 0 Å². The zero-order chi connectivity index (χ0) is 13.0. The molecular weight excluding hydrogens is 230 g/mol. The maximum atomic E-state index is 11.9. The van der Waals surface area contributed by atoms with Crippen LogP contribution < -0.4 is 4.74 Å². The summed E-state index contributed by atoms with van der Waals surface area (Å²) in [5, 5.41) is 0. The van der Waals surface area contributed by atoms with Crippen molar-refractivity contribution < 1.29 is 14.3 Å². The van der Waals surface area contributed by atoms with Gasteiger partial charge in [-0.3, -0.25) is 0 Å². The fraction of sp³-hybridized carbons (Fsp3) is 0.429. The van der Waals surface area contributed by atoms with Gasteiger partial charge in [0, 0.05) is 6.20 Å². The average molecular weight is 247 g/mol. The highest BCUT2D eigenvalue weighted by Crippen LogP contribution is 2.30. The molecule has 4 heteroatoms. The Bertz CT molecular complexity index is 452. The molecule has 4 nitrogen and oxygen atoms in total. The minimum absolute atomic E-state index is 0.326. The minimum Gasteiger partial charge on any atom is -0.477 e. The monoisotopic (exact) mass is 247 g/mol. The standard InChI is InChI=1S/C14H17NO3/c1-3-11-7-8-15-13(18-9-10-5-6-10)12(11)14(16)17-4-2/h3,7-8,10H,1,4-6,9H2,2H3. The van der Waals surface area contributed by atoms with Crippen LogP contribution in [0.1, 0.15) is 35.7 Å². The lowest BCUT2D eigenvalue weighted by Gasteiger charge is -2.11. The van der Waals surface area contributed by atoms with Gasteiger partial charge in [-0.1, -0.05) is 12.7 Å². The van der Waals surface area contributed by atoms with Crippen molar-refractivity contribution in [2.75, 3.05) is 13.2 Å². The zero-order valence-corrected chi connectivity index (χ0v) is 10.5. The lowest BCUT2D eigenvalue weighted by Crippen LogP contribution is -2.12. The van der Waals surface area contributed by atoms with Gasteiger partial charge in [-0.15, -0.1) is 0 Å². The Morgan fingerprint density at radius 2 is 2.39 bits per heavy atom. The zero-order valence-electron chi connectivity index (χ0n) is 10.5. The second-order valence-electron chi connectivity index (χ2n) is 4.26. The normalized spacial score (nSPS) is 14.1. The molecule has 0 atom stereocenters. The van der Waals surface area contributed by atoms with Crippen LogP contribution in [0.2, 0.25) is 0 Å². The lowest BCUT2D eigenvalue weighted by atomic mass is 10.1. The molecule has 18 heavy (non-hydrogen) atoms. The van der Waals surface area contributed by atoms with Crippen molar-refractivity contribution in [3.8, 4) is 5.88 Å². The highest BCUT2D eigenvalue weighted by atomic mass is 16.5. The molecule has 0 unspecified atom stereocenters. The predicted molar refractivity (Wildman–Crippen MR) is 68.5 cm³/mol. The van der Waals surface area contributed by atoms with E-state index in [1.165, 1.54) is 12.8 Å². The van der Waals surface area contributed by atoms with Gasteiger partial charge in [0.2, 0.25) is 5.88 Å². The number of rotatable bonds is 6. The highest BCUT2D eigenvalue weighted by molar-refractivity contribution is 5.95. The second-order valence-corrected chi connectivity index (χ2v) is 4.26. The molecule has 0 N–H and O–H groups in total. The summed E-state index contributed by atoms with van der Waals surface area (Å²) >= 11 is 0. The van der Waals surface area contributed by atoms with E-state index in [-0.39, 0.29) is 0 Å². The summed E-state index contributed by atoms with van der Waals surface area (Å²) in [7, 11) is 0. The van der Waals surface area contributed by atoms with E-state index in [0.29, 0.717) is 36.1 Å². The molecule has 1 aromatic heterocycles. The van der Waals surface area contributed by atoms with Gasteiger partial charge in [0.05, 0.1) is 13.2 Å². The van der Waals surface area contributed by atoms with Crippen LogP contribution >= 0.6 is 0 Å². The molecule has 1 aromatic rings. The first-order chi connectivity index (χ1) is 8.76. The number of carbonyl (C=O) groups is 1. The maximum Gasteiger partial charge on any atom is 0.344 e. The summed E-state index contributed by atoms with van der Waals surface area (Å²) in [6.45, 7) is 6.40. The van der Waals surface area contributed by atoms with Crippen LogP contribution in [0.3, 0.4) is 0 Å². The Kier molecular flexibility index (Phi) is 3.97. The Balaban J connectivity index is 2.24. The maximum absolute atomic E-state index is 11.9. The van der Waals surface area contributed by atoms with Crippen molar-refractivity contribution in [2.24, 2.45) is 5.92 Å². The summed E-state index contributed by atoms with van der Waals surface area (Å²) in [6.07, 6.45) is 5.60. The molecule has 0 bridgehead atoms. The SMILES string of the molecule is C=Cc1ccnc(OCC2CC2)c1C(=O)OCC. The molecule has 0 spiro atoms. The van der Waals surface area contributed by atoms with Crippen LogP contribution in [0.25, 0.3) is 6.08 Å². The van der Waals surface area contributed by atoms with Gasteiger partial charge >= 0.3 is 5.97 Å². The van der Waals surface area contributed by atoms with Gasteiger partial charge < -0.3 is 9.47 Å². The third-order valence-electron chi connectivity index (χ3n) is 2.80. The van der Waals surface area contributed by atoms with E-state index in [0.717, 1.165) is 0 Å². The number of esters is 1. The average Bonchev–Trinajstić information content (AvgIpc) is 3.20. The third-order valence-corrected chi connectivity index (χ3v) is 2.80. The van der Waals surface area contributed by atoms with Gasteiger partial charge in [0.15, 0.2) is 0 Å². The number of hydrogen-bond donors (Lipinski definition) is 0. The largest absolute Gasteiger partial charge is 0.477 e. The fourth-order valence-corrected chi connectivity index (χ4v) is 1.63. The van der Waals surface area contributed by atoms with Gasteiger partial charge in [-0.25, -0.2) is 9.78 Å². The smallest absolute Gasteiger partial charge is 0.344 e. The van der Waals surface area contributed by atoms with Crippen LogP contribution in [-0.2, 0) is 4.74 Å². The van der Waals surface area contributed by atoms with E-state index >= 15 is 0 Å². The molecule has 0 amide bonds.